The average molecular weight is 260 g/mol. The van der Waals surface area contributed by atoms with Crippen molar-refractivity contribution in [3.8, 4) is 0 Å². The van der Waals surface area contributed by atoms with Crippen LogP contribution < -0.4 is 0 Å². The third-order valence-electron chi connectivity index (χ3n) is 2.17. The molecular weight excluding hydrogens is 236 g/mol. The maximum absolute atomic E-state index is 11.2. The Hall–Kier alpha value is -0.940. The average Bonchev–Trinajstić information content (AvgIpc) is 2.32. The number of rotatable bonds is 11. The maximum Gasteiger partial charge on any atom is 0.313 e. The summed E-state index contributed by atoms with van der Waals surface area (Å²) in [6.45, 7) is 7.84. The normalized spacial score (nSPS) is 10.7. The highest BCUT2D eigenvalue weighted by Gasteiger charge is 2.13. The smallest absolute Gasteiger partial charge is 0.313 e. The molecule has 0 unspecified atom stereocenters. The molecule has 5 nitrogen and oxygen atoms in total. The van der Waals surface area contributed by atoms with E-state index in [2.05, 4.69) is 0 Å². The predicted molar refractivity (Wildman–Crippen MR) is 67.4 cm³/mol. The second-order valence-corrected chi connectivity index (χ2v) is 4.24. The van der Waals surface area contributed by atoms with E-state index in [4.69, 9.17) is 14.2 Å². The molecule has 0 atom stereocenters. The predicted octanol–water partition coefficient (Wildman–Crippen LogP) is 1.59. The molecule has 0 aliphatic carbocycles. The molecule has 0 aliphatic rings. The Morgan fingerprint density at radius 1 is 0.944 bits per heavy atom. The molecule has 0 aliphatic heterocycles. The van der Waals surface area contributed by atoms with Gasteiger partial charge in [-0.05, 0) is 6.42 Å². The van der Waals surface area contributed by atoms with Crippen molar-refractivity contribution in [2.45, 2.75) is 33.6 Å². The van der Waals surface area contributed by atoms with Crippen LogP contribution in [-0.2, 0) is 23.8 Å². The fourth-order valence-corrected chi connectivity index (χ4v) is 1.08. The number of carbonyl (C=O) groups excluding carboxylic acids is 2. The van der Waals surface area contributed by atoms with E-state index in [0.29, 0.717) is 19.8 Å². The molecule has 0 fully saturated rings. The summed E-state index contributed by atoms with van der Waals surface area (Å²) < 4.78 is 15.3. The lowest BCUT2D eigenvalue weighted by Gasteiger charge is -2.07. The van der Waals surface area contributed by atoms with Gasteiger partial charge in [0, 0.05) is 12.5 Å². The second-order valence-electron chi connectivity index (χ2n) is 4.24. The minimum absolute atomic E-state index is 0.103. The van der Waals surface area contributed by atoms with Crippen LogP contribution in [0, 0.1) is 5.92 Å². The van der Waals surface area contributed by atoms with Crippen molar-refractivity contribution in [1.29, 1.82) is 0 Å². The molecule has 0 aromatic carbocycles. The van der Waals surface area contributed by atoms with E-state index >= 15 is 0 Å². The van der Waals surface area contributed by atoms with Crippen molar-refractivity contribution in [3.63, 3.8) is 0 Å². The van der Waals surface area contributed by atoms with Crippen molar-refractivity contribution in [3.05, 3.63) is 0 Å². The van der Waals surface area contributed by atoms with Crippen LogP contribution in [0.3, 0.4) is 0 Å². The lowest BCUT2D eigenvalue weighted by molar-refractivity contribution is -0.148. The highest BCUT2D eigenvalue weighted by molar-refractivity contribution is 5.96. The summed E-state index contributed by atoms with van der Waals surface area (Å²) in [5.41, 5.74) is 0. The number of ketones is 1. The molecule has 0 aromatic heterocycles. The fraction of sp³-hybridized carbons (Fsp3) is 0.846. The van der Waals surface area contributed by atoms with E-state index in [1.54, 1.807) is 13.8 Å². The first-order valence-corrected chi connectivity index (χ1v) is 6.41. The molecule has 0 aromatic rings. The maximum atomic E-state index is 11.2. The molecule has 0 heterocycles. The molecule has 0 radical (unpaired) electrons. The Labute approximate surface area is 109 Å². The van der Waals surface area contributed by atoms with Gasteiger partial charge < -0.3 is 14.2 Å². The van der Waals surface area contributed by atoms with Gasteiger partial charge in [0.05, 0.1) is 19.8 Å². The summed E-state index contributed by atoms with van der Waals surface area (Å²) in [7, 11) is 0. The van der Waals surface area contributed by atoms with E-state index in [0.717, 1.165) is 13.0 Å². The largest absolute Gasteiger partial charge is 0.463 e. The summed E-state index contributed by atoms with van der Waals surface area (Å²) in [4.78, 5) is 22.4. The third-order valence-corrected chi connectivity index (χ3v) is 2.17. The molecule has 18 heavy (non-hydrogen) atoms. The zero-order chi connectivity index (χ0) is 13.8. The molecule has 0 spiro atoms. The minimum Gasteiger partial charge on any atom is -0.463 e. The number of Topliss-reactive ketones (excluding diaryl/α,β-unsaturated/α-hetero) is 1. The number of hydrogen-bond donors (Lipinski definition) is 0. The zero-order valence-electron chi connectivity index (χ0n) is 11.6. The van der Waals surface area contributed by atoms with Gasteiger partial charge in [-0.3, -0.25) is 9.59 Å². The standard InChI is InChI=1S/C13H24O5/c1-4-5-16-6-7-17-8-9-18-13(15)10-12(14)11(2)3/h11H,4-10H2,1-3H3. The first kappa shape index (κ1) is 17.1. The van der Waals surface area contributed by atoms with Crippen LogP contribution in [0.25, 0.3) is 0 Å². The topological polar surface area (TPSA) is 61.8 Å². The van der Waals surface area contributed by atoms with Crippen LogP contribution in [-0.4, -0.2) is 44.8 Å². The molecule has 5 heteroatoms. The van der Waals surface area contributed by atoms with Crippen molar-refractivity contribution in [2.75, 3.05) is 33.0 Å². The molecule has 0 N–H and O–H groups in total. The van der Waals surface area contributed by atoms with Gasteiger partial charge in [0.1, 0.15) is 18.8 Å². The van der Waals surface area contributed by atoms with Crippen molar-refractivity contribution < 1.29 is 23.8 Å². The molecule has 0 amide bonds. The number of esters is 1. The molecule has 0 saturated carbocycles. The summed E-state index contributed by atoms with van der Waals surface area (Å²) in [6.07, 6.45) is 0.832. The lowest BCUT2D eigenvalue weighted by atomic mass is 10.1. The highest BCUT2D eigenvalue weighted by Crippen LogP contribution is 1.99. The lowest BCUT2D eigenvalue weighted by Crippen LogP contribution is -2.18. The van der Waals surface area contributed by atoms with Crippen LogP contribution in [0.1, 0.15) is 33.6 Å². The Kier molecular flexibility index (Phi) is 10.6. The molecule has 0 rings (SSSR count). The van der Waals surface area contributed by atoms with Crippen LogP contribution in [0.4, 0.5) is 0 Å². The van der Waals surface area contributed by atoms with E-state index < -0.39 is 5.97 Å². The van der Waals surface area contributed by atoms with Crippen LogP contribution in [0.2, 0.25) is 0 Å². The van der Waals surface area contributed by atoms with Gasteiger partial charge in [-0.15, -0.1) is 0 Å². The Morgan fingerprint density at radius 2 is 1.50 bits per heavy atom. The zero-order valence-corrected chi connectivity index (χ0v) is 11.6. The van der Waals surface area contributed by atoms with Gasteiger partial charge in [-0.1, -0.05) is 20.8 Å². The fourth-order valence-electron chi connectivity index (χ4n) is 1.08. The molecule has 0 saturated heterocycles. The van der Waals surface area contributed by atoms with Crippen molar-refractivity contribution in [2.24, 2.45) is 5.92 Å². The first-order valence-electron chi connectivity index (χ1n) is 6.41. The van der Waals surface area contributed by atoms with Crippen molar-refractivity contribution >= 4 is 11.8 Å². The first-order chi connectivity index (χ1) is 8.57. The Morgan fingerprint density at radius 3 is 2.06 bits per heavy atom. The Bertz CT molecular complexity index is 238. The van der Waals surface area contributed by atoms with Crippen LogP contribution in [0.15, 0.2) is 0 Å². The Balaban J connectivity index is 3.33. The van der Waals surface area contributed by atoms with E-state index in [1.807, 2.05) is 6.92 Å². The van der Waals surface area contributed by atoms with Crippen LogP contribution in [0.5, 0.6) is 0 Å². The molecular formula is C13H24O5. The third kappa shape index (κ3) is 10.2. The molecule has 0 bridgehead atoms. The van der Waals surface area contributed by atoms with E-state index in [-0.39, 0.29) is 24.7 Å². The molecule has 106 valence electrons. The van der Waals surface area contributed by atoms with Crippen molar-refractivity contribution in [1.82, 2.24) is 0 Å². The SMILES string of the molecule is CCCOCCOCCOC(=O)CC(=O)C(C)C. The number of hydrogen-bond acceptors (Lipinski definition) is 5. The minimum atomic E-state index is -0.487. The number of carbonyl (C=O) groups is 2. The number of ether oxygens (including phenoxy) is 3. The summed E-state index contributed by atoms with van der Waals surface area (Å²) in [5.74, 6) is -0.724. The van der Waals surface area contributed by atoms with E-state index in [1.165, 1.54) is 0 Å². The van der Waals surface area contributed by atoms with Gasteiger partial charge in [0.25, 0.3) is 0 Å². The van der Waals surface area contributed by atoms with Gasteiger partial charge in [-0.2, -0.15) is 0 Å². The van der Waals surface area contributed by atoms with E-state index in [9.17, 15) is 9.59 Å². The summed E-state index contributed by atoms with van der Waals surface area (Å²) in [5, 5.41) is 0. The van der Waals surface area contributed by atoms with Gasteiger partial charge >= 0.3 is 5.97 Å². The van der Waals surface area contributed by atoms with Gasteiger partial charge in [-0.25, -0.2) is 0 Å². The quantitative estimate of drug-likeness (QED) is 0.321. The second kappa shape index (κ2) is 11.2. The van der Waals surface area contributed by atoms with Gasteiger partial charge in [0.2, 0.25) is 0 Å². The summed E-state index contributed by atoms with van der Waals surface area (Å²) >= 11 is 0. The van der Waals surface area contributed by atoms with Crippen LogP contribution >= 0.6 is 0 Å². The summed E-state index contributed by atoms with van der Waals surface area (Å²) in [6, 6.07) is 0. The highest BCUT2D eigenvalue weighted by atomic mass is 16.6. The monoisotopic (exact) mass is 260 g/mol. The van der Waals surface area contributed by atoms with Gasteiger partial charge in [0.15, 0.2) is 0 Å².